The van der Waals surface area contributed by atoms with Gasteiger partial charge >= 0.3 is 0 Å². The van der Waals surface area contributed by atoms with Gasteiger partial charge in [-0.1, -0.05) is 48.5 Å². The summed E-state index contributed by atoms with van der Waals surface area (Å²) in [6.45, 7) is 2.94. The predicted octanol–water partition coefficient (Wildman–Crippen LogP) is 3.40. The molecule has 3 rings (SSSR count). The molecule has 0 aromatic heterocycles. The van der Waals surface area contributed by atoms with Gasteiger partial charge in [0.15, 0.2) is 5.96 Å². The summed E-state index contributed by atoms with van der Waals surface area (Å²) in [6.07, 6.45) is 2.40. The van der Waals surface area contributed by atoms with Gasteiger partial charge in [0.05, 0.1) is 12.6 Å². The van der Waals surface area contributed by atoms with Gasteiger partial charge in [-0.2, -0.15) is 0 Å². The van der Waals surface area contributed by atoms with E-state index in [1.807, 2.05) is 36.4 Å². The molecule has 2 aromatic rings. The van der Waals surface area contributed by atoms with Crippen LogP contribution in [0.5, 0.6) is 5.75 Å². The van der Waals surface area contributed by atoms with Crippen molar-refractivity contribution < 1.29 is 9.47 Å². The summed E-state index contributed by atoms with van der Waals surface area (Å²) in [5.74, 6) is 2.11. The third-order valence-electron chi connectivity index (χ3n) is 4.73. The van der Waals surface area contributed by atoms with Crippen molar-refractivity contribution in [2.24, 2.45) is 10.9 Å². The second-order valence-corrected chi connectivity index (χ2v) is 6.65. The quantitative estimate of drug-likeness (QED) is 0.447. The maximum absolute atomic E-state index is 6.07. The number of rotatable bonds is 7. The fraction of sp³-hybridized carbons (Fsp3) is 0.409. The van der Waals surface area contributed by atoms with E-state index in [1.165, 1.54) is 5.56 Å². The lowest BCUT2D eigenvalue weighted by Gasteiger charge is -2.32. The van der Waals surface area contributed by atoms with Crippen LogP contribution in [-0.2, 0) is 4.74 Å². The second kappa shape index (κ2) is 10.6. The number of nitrogens with one attached hydrogen (secondary N) is 2. The molecule has 144 valence electrons. The van der Waals surface area contributed by atoms with Gasteiger partial charge in [-0.15, -0.1) is 0 Å². The van der Waals surface area contributed by atoms with Crippen LogP contribution in [0.1, 0.15) is 24.5 Å². The number of aliphatic imine (C=N–C) groups is 1. The van der Waals surface area contributed by atoms with Crippen molar-refractivity contribution in [3.63, 3.8) is 0 Å². The van der Waals surface area contributed by atoms with Crippen LogP contribution in [0, 0.1) is 5.92 Å². The Kier molecular flexibility index (Phi) is 7.54. The monoisotopic (exact) mass is 367 g/mol. The fourth-order valence-corrected chi connectivity index (χ4v) is 3.37. The molecule has 1 saturated heterocycles. The maximum atomic E-state index is 6.07. The van der Waals surface area contributed by atoms with Crippen LogP contribution >= 0.6 is 0 Å². The van der Waals surface area contributed by atoms with Crippen molar-refractivity contribution in [2.45, 2.75) is 18.9 Å². The van der Waals surface area contributed by atoms with E-state index in [9.17, 15) is 0 Å². The molecule has 1 heterocycles. The van der Waals surface area contributed by atoms with E-state index in [2.05, 4.69) is 39.9 Å². The first-order valence-electron chi connectivity index (χ1n) is 9.65. The topological polar surface area (TPSA) is 54.9 Å². The minimum atomic E-state index is 0.145. The summed E-state index contributed by atoms with van der Waals surface area (Å²) >= 11 is 0. The number of para-hydroxylation sites is 1. The van der Waals surface area contributed by atoms with E-state index in [0.29, 0.717) is 19.1 Å². The first kappa shape index (κ1) is 19.2. The maximum Gasteiger partial charge on any atom is 0.191 e. The second-order valence-electron chi connectivity index (χ2n) is 6.65. The highest BCUT2D eigenvalue weighted by molar-refractivity contribution is 5.79. The molecule has 0 aliphatic carbocycles. The van der Waals surface area contributed by atoms with E-state index in [4.69, 9.17) is 9.47 Å². The zero-order valence-electron chi connectivity index (χ0n) is 15.9. The minimum absolute atomic E-state index is 0.145. The minimum Gasteiger partial charge on any atom is -0.492 e. The molecule has 0 amide bonds. The standard InChI is InChI=1S/C22H29N3O2/c1-23-22(24-14-16-26-20-12-6-3-7-13-20)25-17-19-11-8-15-27-21(19)18-9-4-2-5-10-18/h2-7,9-10,12-13,19,21H,8,11,14-17H2,1H3,(H2,23,24,25). The molecule has 5 heteroatoms. The Morgan fingerprint density at radius 3 is 2.56 bits per heavy atom. The molecule has 0 bridgehead atoms. The number of ether oxygens (including phenoxy) is 2. The number of guanidine groups is 1. The van der Waals surface area contributed by atoms with Crippen LogP contribution in [0.2, 0.25) is 0 Å². The van der Waals surface area contributed by atoms with E-state index in [0.717, 1.165) is 37.7 Å². The van der Waals surface area contributed by atoms with E-state index in [-0.39, 0.29) is 6.10 Å². The number of nitrogens with zero attached hydrogens (tertiary/aromatic N) is 1. The Morgan fingerprint density at radius 2 is 1.81 bits per heavy atom. The predicted molar refractivity (Wildman–Crippen MR) is 109 cm³/mol. The molecule has 0 radical (unpaired) electrons. The van der Waals surface area contributed by atoms with Crippen LogP contribution in [-0.4, -0.2) is 39.3 Å². The van der Waals surface area contributed by atoms with Gasteiger partial charge in [-0.3, -0.25) is 4.99 Å². The summed E-state index contributed by atoms with van der Waals surface area (Å²) in [7, 11) is 1.79. The van der Waals surface area contributed by atoms with Gasteiger partial charge in [0.2, 0.25) is 0 Å². The molecular formula is C22H29N3O2. The number of hydrogen-bond acceptors (Lipinski definition) is 3. The van der Waals surface area contributed by atoms with Crippen LogP contribution < -0.4 is 15.4 Å². The van der Waals surface area contributed by atoms with Gasteiger partial charge in [0.25, 0.3) is 0 Å². The SMILES string of the molecule is CN=C(NCCOc1ccccc1)NCC1CCCOC1c1ccccc1. The average molecular weight is 367 g/mol. The van der Waals surface area contributed by atoms with Crippen LogP contribution in [0.25, 0.3) is 0 Å². The Labute approximate surface area is 161 Å². The highest BCUT2D eigenvalue weighted by atomic mass is 16.5. The molecule has 2 unspecified atom stereocenters. The van der Waals surface area contributed by atoms with Crippen molar-refractivity contribution in [1.29, 1.82) is 0 Å². The lowest BCUT2D eigenvalue weighted by atomic mass is 9.89. The first-order valence-corrected chi connectivity index (χ1v) is 9.65. The highest BCUT2D eigenvalue weighted by Crippen LogP contribution is 2.32. The normalized spacial score (nSPS) is 20.1. The average Bonchev–Trinajstić information content (AvgIpc) is 2.75. The molecule has 27 heavy (non-hydrogen) atoms. The summed E-state index contributed by atoms with van der Waals surface area (Å²) in [6, 6.07) is 20.3. The molecule has 1 aliphatic heterocycles. The Balaban J connectivity index is 1.44. The summed E-state index contributed by atoms with van der Waals surface area (Å²) in [5.41, 5.74) is 1.25. The molecule has 2 N–H and O–H groups in total. The van der Waals surface area contributed by atoms with E-state index < -0.39 is 0 Å². The van der Waals surface area contributed by atoms with Crippen molar-refractivity contribution in [3.8, 4) is 5.75 Å². The molecule has 2 aromatic carbocycles. The van der Waals surface area contributed by atoms with Gasteiger partial charge in [-0.05, 0) is 30.5 Å². The van der Waals surface area contributed by atoms with Gasteiger partial charge in [-0.25, -0.2) is 0 Å². The lowest BCUT2D eigenvalue weighted by molar-refractivity contribution is -0.0265. The summed E-state index contributed by atoms with van der Waals surface area (Å²) in [5, 5.41) is 6.75. The molecule has 2 atom stereocenters. The zero-order valence-corrected chi connectivity index (χ0v) is 15.9. The van der Waals surface area contributed by atoms with Gasteiger partial charge in [0.1, 0.15) is 12.4 Å². The van der Waals surface area contributed by atoms with Crippen LogP contribution in [0.15, 0.2) is 65.7 Å². The molecule has 5 nitrogen and oxygen atoms in total. The van der Waals surface area contributed by atoms with Crippen molar-refractivity contribution in [2.75, 3.05) is 33.4 Å². The van der Waals surface area contributed by atoms with Gasteiger partial charge < -0.3 is 20.1 Å². The Hall–Kier alpha value is -2.53. The van der Waals surface area contributed by atoms with Crippen molar-refractivity contribution in [1.82, 2.24) is 10.6 Å². The molecule has 0 saturated carbocycles. The number of hydrogen-bond donors (Lipinski definition) is 2. The Morgan fingerprint density at radius 1 is 1.07 bits per heavy atom. The van der Waals surface area contributed by atoms with Crippen molar-refractivity contribution >= 4 is 5.96 Å². The zero-order chi connectivity index (χ0) is 18.7. The van der Waals surface area contributed by atoms with Crippen LogP contribution in [0.3, 0.4) is 0 Å². The molecule has 1 fully saturated rings. The Bertz CT molecular complexity index is 691. The molecular weight excluding hydrogens is 338 g/mol. The van der Waals surface area contributed by atoms with E-state index >= 15 is 0 Å². The summed E-state index contributed by atoms with van der Waals surface area (Å²) < 4.78 is 11.8. The number of benzene rings is 2. The molecule has 0 spiro atoms. The van der Waals surface area contributed by atoms with Crippen molar-refractivity contribution in [3.05, 3.63) is 66.2 Å². The fourth-order valence-electron chi connectivity index (χ4n) is 3.37. The first-order chi connectivity index (χ1) is 13.4. The third kappa shape index (κ3) is 6.00. The summed E-state index contributed by atoms with van der Waals surface area (Å²) in [4.78, 5) is 4.31. The largest absolute Gasteiger partial charge is 0.492 e. The smallest absolute Gasteiger partial charge is 0.191 e. The highest BCUT2D eigenvalue weighted by Gasteiger charge is 2.27. The lowest BCUT2D eigenvalue weighted by Crippen LogP contribution is -2.43. The van der Waals surface area contributed by atoms with Crippen LogP contribution in [0.4, 0.5) is 0 Å². The third-order valence-corrected chi connectivity index (χ3v) is 4.73. The van der Waals surface area contributed by atoms with Gasteiger partial charge in [0, 0.05) is 26.1 Å². The molecule has 1 aliphatic rings. The van der Waals surface area contributed by atoms with E-state index in [1.54, 1.807) is 7.05 Å².